The number of aromatic carboxylic acids is 1. The van der Waals surface area contributed by atoms with Crippen LogP contribution in [0.25, 0.3) is 4.85 Å². The molecule has 0 aliphatic heterocycles. The third-order valence-electron chi connectivity index (χ3n) is 17.1. The number of hydrogen-bond donors (Lipinski definition) is 4. The van der Waals surface area contributed by atoms with Crippen LogP contribution in [-0.2, 0) is 17.8 Å². The molecule has 1 aromatic heterocycles. The number of nitrogens with one attached hydrogen (secondary N) is 2. The SMILES string of the molecule is [C-]#[N+]C=C(C)[C@@H]1CC[C@]2(C(=O)NCCc3cccc(C(=O)NCc4ccc(C(=O)O)cn4)c3)CC[C@]3(C)C(CCC4[C@@]5(C)CC[C@H](O)C(C)(C)C5CC[C@]43C)C12. The highest BCUT2D eigenvalue weighted by atomic mass is 16.4. The summed E-state index contributed by atoms with van der Waals surface area (Å²) >= 11 is 0. The first-order chi connectivity index (χ1) is 26.5. The first-order valence-electron chi connectivity index (χ1n) is 21.1. The Morgan fingerprint density at radius 3 is 2.39 bits per heavy atom. The molecule has 0 saturated heterocycles. The number of allylic oxidation sites excluding steroid dienone is 1. The molecular formula is C47H62N4O5. The highest BCUT2D eigenvalue weighted by molar-refractivity contribution is 5.94. The van der Waals surface area contributed by atoms with Crippen LogP contribution in [0.1, 0.15) is 138 Å². The Balaban J connectivity index is 1.07. The van der Waals surface area contributed by atoms with Crippen LogP contribution < -0.4 is 10.6 Å². The number of carboxylic acids is 1. The zero-order valence-electron chi connectivity index (χ0n) is 34.3. The fourth-order valence-corrected chi connectivity index (χ4v) is 14.0. The maximum absolute atomic E-state index is 14.7. The number of benzene rings is 1. The van der Waals surface area contributed by atoms with E-state index in [4.69, 9.17) is 11.7 Å². The Labute approximate surface area is 333 Å². The van der Waals surface area contributed by atoms with E-state index in [0.717, 1.165) is 62.5 Å². The number of aromatic nitrogens is 1. The maximum Gasteiger partial charge on any atom is 0.337 e. The summed E-state index contributed by atoms with van der Waals surface area (Å²) in [5.74, 6) is 0.756. The van der Waals surface area contributed by atoms with E-state index in [0.29, 0.717) is 42.0 Å². The molecule has 56 heavy (non-hydrogen) atoms. The molecule has 1 heterocycles. The van der Waals surface area contributed by atoms with E-state index in [1.165, 1.54) is 25.1 Å². The van der Waals surface area contributed by atoms with Crippen molar-refractivity contribution in [2.24, 2.45) is 56.7 Å². The van der Waals surface area contributed by atoms with Crippen molar-refractivity contribution in [3.8, 4) is 0 Å². The lowest BCUT2D eigenvalue weighted by atomic mass is 9.32. The summed E-state index contributed by atoms with van der Waals surface area (Å²) in [5.41, 5.74) is 3.12. The zero-order valence-corrected chi connectivity index (χ0v) is 34.3. The Morgan fingerprint density at radius 1 is 0.893 bits per heavy atom. The summed E-state index contributed by atoms with van der Waals surface area (Å²) in [7, 11) is 0. The van der Waals surface area contributed by atoms with Crippen LogP contribution in [0.15, 0.2) is 54.4 Å². The van der Waals surface area contributed by atoms with Gasteiger partial charge in [-0.25, -0.2) is 9.64 Å². The van der Waals surface area contributed by atoms with E-state index >= 15 is 0 Å². The maximum atomic E-state index is 14.7. The average molecular weight is 763 g/mol. The third kappa shape index (κ3) is 6.39. The number of aliphatic hydroxyl groups is 1. The molecule has 5 saturated carbocycles. The van der Waals surface area contributed by atoms with E-state index in [2.05, 4.69) is 62.0 Å². The quantitative estimate of drug-likeness (QED) is 0.189. The molecule has 0 radical (unpaired) electrons. The standard InChI is InChI=1S/C47H62N4O5/c1-29(26-48-7)34-15-21-47(42(56)49-24-18-30-9-8-10-31(25-30)40(53)51-28-33-12-11-32(27-50-33)41(54)55)23-22-45(5)35(39(34)47)13-14-37-44(4)19-17-38(52)43(2,3)36(44)16-20-46(37,45)6/h8-12,25-27,34-39,52H,13-24,28H2,1-6H3,(H,49,56)(H,51,53)(H,54,55)/t34-,35?,36?,37?,38-,39?,44-,45+,46+,47-/m0/s1. The van der Waals surface area contributed by atoms with Crippen LogP contribution in [-0.4, -0.2) is 45.6 Å². The summed E-state index contributed by atoms with van der Waals surface area (Å²) in [4.78, 5) is 46.8. The summed E-state index contributed by atoms with van der Waals surface area (Å²) in [6, 6.07) is 10.5. The van der Waals surface area contributed by atoms with Crippen molar-refractivity contribution in [1.29, 1.82) is 0 Å². The van der Waals surface area contributed by atoms with Crippen molar-refractivity contribution >= 4 is 17.8 Å². The molecule has 4 unspecified atom stereocenters. The Kier molecular flexibility index (Phi) is 10.6. The van der Waals surface area contributed by atoms with Crippen LogP contribution in [0.5, 0.6) is 0 Å². The molecule has 0 spiro atoms. The van der Waals surface area contributed by atoms with Crippen LogP contribution in [0.2, 0.25) is 0 Å². The van der Waals surface area contributed by atoms with Crippen molar-refractivity contribution in [3.05, 3.63) is 88.2 Å². The van der Waals surface area contributed by atoms with E-state index in [-0.39, 0.29) is 63.5 Å². The van der Waals surface area contributed by atoms with Crippen molar-refractivity contribution in [1.82, 2.24) is 15.6 Å². The summed E-state index contributed by atoms with van der Waals surface area (Å²) in [5, 5.41) is 26.5. The second-order valence-corrected chi connectivity index (χ2v) is 19.6. The molecule has 2 amide bonds. The van der Waals surface area contributed by atoms with Gasteiger partial charge in [-0.3, -0.25) is 14.6 Å². The smallest absolute Gasteiger partial charge is 0.337 e. The number of hydrogen-bond acceptors (Lipinski definition) is 5. The number of fused-ring (bicyclic) bond motifs is 7. The van der Waals surface area contributed by atoms with Gasteiger partial charge in [-0.05, 0) is 152 Å². The average Bonchev–Trinajstić information content (AvgIpc) is 3.57. The molecule has 10 atom stereocenters. The Hall–Kier alpha value is -4.03. The highest BCUT2D eigenvalue weighted by Gasteiger charge is 2.71. The molecule has 5 aliphatic carbocycles. The second kappa shape index (κ2) is 14.7. The molecule has 2 aromatic rings. The Morgan fingerprint density at radius 2 is 1.68 bits per heavy atom. The van der Waals surface area contributed by atoms with E-state index in [9.17, 15) is 19.5 Å². The molecule has 300 valence electrons. The lowest BCUT2D eigenvalue weighted by Crippen LogP contribution is -2.67. The van der Waals surface area contributed by atoms with Crippen LogP contribution in [0.4, 0.5) is 0 Å². The van der Waals surface area contributed by atoms with Crippen LogP contribution in [0.3, 0.4) is 0 Å². The number of carboxylic acid groups (broad SMARTS) is 1. The van der Waals surface area contributed by atoms with E-state index in [1.54, 1.807) is 18.3 Å². The minimum absolute atomic E-state index is 0.0819. The summed E-state index contributed by atoms with van der Waals surface area (Å²) in [6.45, 7) is 22.8. The van der Waals surface area contributed by atoms with Crippen molar-refractivity contribution in [2.45, 2.75) is 125 Å². The highest BCUT2D eigenvalue weighted by Crippen LogP contribution is 2.77. The van der Waals surface area contributed by atoms with Gasteiger partial charge in [0.05, 0.1) is 35.9 Å². The van der Waals surface area contributed by atoms with Crippen molar-refractivity contribution in [3.63, 3.8) is 0 Å². The lowest BCUT2D eigenvalue weighted by Gasteiger charge is -2.72. The molecule has 7 rings (SSSR count). The molecule has 1 aromatic carbocycles. The monoisotopic (exact) mass is 762 g/mol. The van der Waals surface area contributed by atoms with Crippen LogP contribution in [0, 0.1) is 63.2 Å². The fourth-order valence-electron chi connectivity index (χ4n) is 14.0. The predicted molar refractivity (Wildman–Crippen MR) is 216 cm³/mol. The van der Waals surface area contributed by atoms with E-state index < -0.39 is 11.4 Å². The van der Waals surface area contributed by atoms with Gasteiger partial charge in [0, 0.05) is 18.3 Å². The third-order valence-corrected chi connectivity index (χ3v) is 17.1. The zero-order chi connectivity index (χ0) is 40.3. The molecule has 9 nitrogen and oxygen atoms in total. The second-order valence-electron chi connectivity index (χ2n) is 19.6. The first-order valence-corrected chi connectivity index (χ1v) is 21.1. The van der Waals surface area contributed by atoms with E-state index in [1.807, 2.05) is 18.2 Å². The van der Waals surface area contributed by atoms with Crippen molar-refractivity contribution in [2.75, 3.05) is 6.54 Å². The topological polar surface area (TPSA) is 133 Å². The molecule has 4 N–H and O–H groups in total. The minimum Gasteiger partial charge on any atom is -0.478 e. The number of rotatable bonds is 9. The number of carbonyl (C=O) groups is 3. The first kappa shape index (κ1) is 40.2. The lowest BCUT2D eigenvalue weighted by molar-refractivity contribution is -0.246. The minimum atomic E-state index is -1.05. The molecular weight excluding hydrogens is 701 g/mol. The van der Waals surface area contributed by atoms with Crippen LogP contribution >= 0.6 is 0 Å². The molecule has 9 heteroatoms. The van der Waals surface area contributed by atoms with Crippen molar-refractivity contribution < 1.29 is 24.6 Å². The van der Waals surface area contributed by atoms with Gasteiger partial charge in [-0.15, -0.1) is 0 Å². The largest absolute Gasteiger partial charge is 0.478 e. The van der Waals surface area contributed by atoms with Gasteiger partial charge in [0.25, 0.3) is 5.91 Å². The normalized spacial score (nSPS) is 37.1. The number of nitrogens with zero attached hydrogens (tertiary/aromatic N) is 2. The van der Waals surface area contributed by atoms with Gasteiger partial charge < -0.3 is 20.8 Å². The molecule has 0 bridgehead atoms. The summed E-state index contributed by atoms with van der Waals surface area (Å²) < 4.78 is 0. The van der Waals surface area contributed by atoms with Gasteiger partial charge >= 0.3 is 5.97 Å². The number of pyridine rings is 1. The van der Waals surface area contributed by atoms with Gasteiger partial charge in [0.2, 0.25) is 5.91 Å². The van der Waals surface area contributed by atoms with Gasteiger partial charge in [-0.2, -0.15) is 0 Å². The van der Waals surface area contributed by atoms with Gasteiger partial charge in [0.15, 0.2) is 6.20 Å². The number of amides is 2. The fraction of sp³-hybridized carbons (Fsp3) is 0.638. The predicted octanol–water partition coefficient (Wildman–Crippen LogP) is 8.63. The van der Waals surface area contributed by atoms with Gasteiger partial charge in [-0.1, -0.05) is 59.2 Å². The molecule has 5 aliphatic rings. The Bertz CT molecular complexity index is 1930. The number of aliphatic hydroxyl groups excluding tert-OH is 1. The number of carbonyl (C=O) groups excluding carboxylic acids is 2. The molecule has 5 fully saturated rings. The summed E-state index contributed by atoms with van der Waals surface area (Å²) in [6.07, 6.45) is 13.6. The van der Waals surface area contributed by atoms with Gasteiger partial charge in [0.1, 0.15) is 0 Å².